The second kappa shape index (κ2) is 3.76. The largest absolute Gasteiger partial charge is 0.478 e. The van der Waals surface area contributed by atoms with Crippen LogP contribution in [0.3, 0.4) is 0 Å². The highest BCUT2D eigenvalue weighted by Crippen LogP contribution is 2.35. The van der Waals surface area contributed by atoms with E-state index in [-0.39, 0.29) is 0 Å². The van der Waals surface area contributed by atoms with E-state index in [0.29, 0.717) is 11.0 Å². The third-order valence-corrected chi connectivity index (χ3v) is 3.49. The van der Waals surface area contributed by atoms with Crippen LogP contribution in [0.5, 0.6) is 0 Å². The normalized spacial score (nSPS) is 17.8. The molecule has 92 valence electrons. The molecular formula is C14H19NO2. The van der Waals surface area contributed by atoms with Crippen molar-refractivity contribution in [3.63, 3.8) is 0 Å². The third-order valence-electron chi connectivity index (χ3n) is 3.49. The lowest BCUT2D eigenvalue weighted by molar-refractivity contribution is 0.0696. The third kappa shape index (κ3) is 2.14. The Bertz CT molecular complexity index is 469. The summed E-state index contributed by atoms with van der Waals surface area (Å²) in [4.78, 5) is 13.4. The van der Waals surface area contributed by atoms with Crippen molar-refractivity contribution in [1.82, 2.24) is 0 Å². The van der Waals surface area contributed by atoms with Crippen molar-refractivity contribution in [3.8, 4) is 0 Å². The first-order chi connectivity index (χ1) is 7.80. The lowest BCUT2D eigenvalue weighted by Crippen LogP contribution is -2.53. The molecule has 17 heavy (non-hydrogen) atoms. The maximum atomic E-state index is 11.2. The highest BCUT2D eigenvalue weighted by atomic mass is 16.4. The average molecular weight is 233 g/mol. The van der Waals surface area contributed by atoms with E-state index >= 15 is 0 Å². The van der Waals surface area contributed by atoms with Crippen LogP contribution < -0.4 is 4.90 Å². The van der Waals surface area contributed by atoms with Crippen molar-refractivity contribution in [3.05, 3.63) is 28.8 Å². The Morgan fingerprint density at radius 2 is 1.88 bits per heavy atom. The molecule has 1 heterocycles. The first-order valence-corrected chi connectivity index (χ1v) is 5.90. The molecule has 1 N–H and O–H groups in total. The van der Waals surface area contributed by atoms with Crippen molar-refractivity contribution in [2.75, 3.05) is 18.0 Å². The molecule has 1 aliphatic heterocycles. The Labute approximate surface area is 102 Å². The molecule has 1 aromatic rings. The van der Waals surface area contributed by atoms with Crippen molar-refractivity contribution >= 4 is 11.7 Å². The Morgan fingerprint density at radius 1 is 1.29 bits per heavy atom. The SMILES string of the molecule is Cc1cc(N2CC(C)(C)C2)cc(C(=O)O)c1C. The van der Waals surface area contributed by atoms with Crippen LogP contribution >= 0.6 is 0 Å². The predicted octanol–water partition coefficient (Wildman–Crippen LogP) is 2.85. The van der Waals surface area contributed by atoms with E-state index in [1.807, 2.05) is 13.8 Å². The van der Waals surface area contributed by atoms with Crippen molar-refractivity contribution in [1.29, 1.82) is 0 Å². The summed E-state index contributed by atoms with van der Waals surface area (Å²) in [6.45, 7) is 10.3. The first-order valence-electron chi connectivity index (χ1n) is 5.90. The fourth-order valence-corrected chi connectivity index (χ4v) is 2.41. The number of anilines is 1. The standard InChI is InChI=1S/C14H19NO2/c1-9-5-11(15-7-14(3,4)8-15)6-12(10(9)2)13(16)17/h5-6H,7-8H2,1-4H3,(H,16,17). The predicted molar refractivity (Wildman–Crippen MR) is 68.9 cm³/mol. The molecule has 0 spiro atoms. The van der Waals surface area contributed by atoms with Crippen LogP contribution in [-0.4, -0.2) is 24.2 Å². The van der Waals surface area contributed by atoms with Crippen molar-refractivity contribution < 1.29 is 9.90 Å². The minimum atomic E-state index is -0.841. The minimum Gasteiger partial charge on any atom is -0.478 e. The van der Waals surface area contributed by atoms with Crippen molar-refractivity contribution in [2.24, 2.45) is 5.41 Å². The number of carboxylic acid groups (broad SMARTS) is 1. The van der Waals surface area contributed by atoms with Crippen LogP contribution in [0.25, 0.3) is 0 Å². The molecule has 1 saturated heterocycles. The second-order valence-electron chi connectivity index (χ2n) is 5.76. The minimum absolute atomic E-state index is 0.349. The average Bonchev–Trinajstić information content (AvgIpc) is 2.17. The van der Waals surface area contributed by atoms with Crippen LogP contribution in [0.4, 0.5) is 5.69 Å². The lowest BCUT2D eigenvalue weighted by atomic mass is 9.83. The summed E-state index contributed by atoms with van der Waals surface area (Å²) in [6, 6.07) is 3.87. The molecule has 2 rings (SSSR count). The topological polar surface area (TPSA) is 40.5 Å². The summed E-state index contributed by atoms with van der Waals surface area (Å²) in [5.41, 5.74) is 3.71. The molecule has 0 aliphatic carbocycles. The number of carbonyl (C=O) groups is 1. The molecule has 1 fully saturated rings. The highest BCUT2D eigenvalue weighted by molar-refractivity contribution is 5.91. The molecule has 3 nitrogen and oxygen atoms in total. The zero-order valence-electron chi connectivity index (χ0n) is 10.9. The van der Waals surface area contributed by atoms with E-state index in [1.54, 1.807) is 6.07 Å². The maximum Gasteiger partial charge on any atom is 0.336 e. The lowest BCUT2D eigenvalue weighted by Gasteiger charge is -2.47. The van der Waals surface area contributed by atoms with Gasteiger partial charge in [0.2, 0.25) is 0 Å². The molecule has 0 saturated carbocycles. The van der Waals surface area contributed by atoms with E-state index < -0.39 is 5.97 Å². The molecule has 3 heteroatoms. The maximum absolute atomic E-state index is 11.2. The number of aromatic carboxylic acids is 1. The Hall–Kier alpha value is -1.51. The van der Waals surface area contributed by atoms with Gasteiger partial charge in [0.05, 0.1) is 5.56 Å². The van der Waals surface area contributed by atoms with Gasteiger partial charge in [-0.2, -0.15) is 0 Å². The van der Waals surface area contributed by atoms with Crippen LogP contribution in [-0.2, 0) is 0 Å². The van der Waals surface area contributed by atoms with E-state index in [4.69, 9.17) is 0 Å². The van der Waals surface area contributed by atoms with E-state index in [2.05, 4.69) is 24.8 Å². The summed E-state index contributed by atoms with van der Waals surface area (Å²) in [7, 11) is 0. The zero-order valence-corrected chi connectivity index (χ0v) is 10.9. The monoisotopic (exact) mass is 233 g/mol. The van der Waals surface area contributed by atoms with Crippen LogP contribution in [0, 0.1) is 19.3 Å². The van der Waals surface area contributed by atoms with Gasteiger partial charge in [-0.15, -0.1) is 0 Å². The highest BCUT2D eigenvalue weighted by Gasteiger charge is 2.34. The molecule has 1 aliphatic rings. The van der Waals surface area contributed by atoms with Crippen molar-refractivity contribution in [2.45, 2.75) is 27.7 Å². The van der Waals surface area contributed by atoms with E-state index in [1.165, 1.54) is 0 Å². The zero-order chi connectivity index (χ0) is 12.8. The van der Waals surface area contributed by atoms with Crippen LogP contribution in [0.15, 0.2) is 12.1 Å². The Morgan fingerprint density at radius 3 is 2.35 bits per heavy atom. The fraction of sp³-hybridized carbons (Fsp3) is 0.500. The van der Waals surface area contributed by atoms with E-state index in [9.17, 15) is 9.90 Å². The number of carboxylic acids is 1. The molecular weight excluding hydrogens is 214 g/mol. The smallest absolute Gasteiger partial charge is 0.336 e. The van der Waals surface area contributed by atoms with Gasteiger partial charge in [-0.25, -0.2) is 4.79 Å². The fourth-order valence-electron chi connectivity index (χ4n) is 2.41. The van der Waals surface area contributed by atoms with Crippen LogP contribution in [0.2, 0.25) is 0 Å². The van der Waals surface area contributed by atoms with Gasteiger partial charge in [-0.1, -0.05) is 13.8 Å². The summed E-state index contributed by atoms with van der Waals surface area (Å²) in [6.07, 6.45) is 0. The molecule has 0 aromatic heterocycles. The van der Waals surface area contributed by atoms with Gasteiger partial charge in [0, 0.05) is 18.8 Å². The number of benzene rings is 1. The molecule has 1 aromatic carbocycles. The Kier molecular flexibility index (Phi) is 2.64. The van der Waals surface area contributed by atoms with Gasteiger partial charge in [-0.3, -0.25) is 0 Å². The van der Waals surface area contributed by atoms with Gasteiger partial charge in [0.25, 0.3) is 0 Å². The molecule has 0 unspecified atom stereocenters. The van der Waals surface area contributed by atoms with Gasteiger partial charge >= 0.3 is 5.97 Å². The quantitative estimate of drug-likeness (QED) is 0.854. The number of rotatable bonds is 2. The Balaban J connectivity index is 2.34. The first kappa shape index (κ1) is 12.0. The second-order valence-corrected chi connectivity index (χ2v) is 5.76. The number of hydrogen-bond donors (Lipinski definition) is 1. The molecule has 0 atom stereocenters. The number of hydrogen-bond acceptors (Lipinski definition) is 2. The number of nitrogens with zero attached hydrogens (tertiary/aromatic N) is 1. The number of aryl methyl sites for hydroxylation is 1. The molecule has 0 radical (unpaired) electrons. The van der Waals surface area contributed by atoms with E-state index in [0.717, 1.165) is 29.9 Å². The van der Waals surface area contributed by atoms with Gasteiger partial charge in [0.1, 0.15) is 0 Å². The van der Waals surface area contributed by atoms with Gasteiger partial charge in [0.15, 0.2) is 0 Å². The molecule has 0 bridgehead atoms. The van der Waals surface area contributed by atoms with Crippen LogP contribution in [0.1, 0.15) is 35.3 Å². The molecule has 0 amide bonds. The summed E-state index contributed by atoms with van der Waals surface area (Å²) >= 11 is 0. The summed E-state index contributed by atoms with van der Waals surface area (Å²) < 4.78 is 0. The summed E-state index contributed by atoms with van der Waals surface area (Å²) in [5, 5.41) is 9.17. The van der Waals surface area contributed by atoms with Gasteiger partial charge in [-0.05, 0) is 42.5 Å². The van der Waals surface area contributed by atoms with Gasteiger partial charge < -0.3 is 10.0 Å². The summed E-state index contributed by atoms with van der Waals surface area (Å²) in [5.74, 6) is -0.841.